The second kappa shape index (κ2) is 34.0. The van der Waals surface area contributed by atoms with Crippen LogP contribution >= 0.6 is 0 Å². The molecule has 2 rings (SSSR count). The molecule has 0 bridgehead atoms. The molecule has 2 fully saturated rings. The summed E-state index contributed by atoms with van der Waals surface area (Å²) in [6, 6.07) is 0. The number of rotatable bonds is 35. The Morgan fingerprint density at radius 1 is 0.559 bits per heavy atom. The first-order valence-corrected chi connectivity index (χ1v) is 22.9. The number of aliphatic hydroxyl groups excluding tert-OH is 7. The molecule has 2 saturated heterocycles. The molecule has 2 aliphatic rings. The Morgan fingerprint density at radius 3 is 1.66 bits per heavy atom. The maximum atomic E-state index is 12.9. The quantitative estimate of drug-likeness (QED) is 0.0246. The van der Waals surface area contributed by atoms with Crippen molar-refractivity contribution < 1.29 is 69.0 Å². The molecule has 0 radical (unpaired) electrons. The van der Waals surface area contributed by atoms with Crippen molar-refractivity contribution in [3.8, 4) is 0 Å². The monoisotopic (exact) mass is 847 g/mol. The van der Waals surface area contributed by atoms with Crippen molar-refractivity contribution in [1.82, 2.24) is 0 Å². The van der Waals surface area contributed by atoms with Crippen LogP contribution in [0.15, 0.2) is 24.3 Å². The minimum absolute atomic E-state index is 0.0603. The number of esters is 1. The van der Waals surface area contributed by atoms with Crippen LogP contribution in [-0.4, -0.2) is 142 Å². The van der Waals surface area contributed by atoms with E-state index >= 15 is 0 Å². The minimum Gasteiger partial charge on any atom is -0.457 e. The van der Waals surface area contributed by atoms with Crippen LogP contribution in [0.3, 0.4) is 0 Å². The smallest absolute Gasteiger partial charge is 0.306 e. The average Bonchev–Trinajstić information content (AvgIpc) is 3.23. The maximum absolute atomic E-state index is 12.9. The Morgan fingerprint density at radius 2 is 1.05 bits per heavy atom. The van der Waals surface area contributed by atoms with Crippen molar-refractivity contribution in [1.29, 1.82) is 0 Å². The number of aliphatic hydroxyl groups is 7. The van der Waals surface area contributed by atoms with Gasteiger partial charge in [0.1, 0.15) is 54.9 Å². The Bertz CT molecular complexity index is 1080. The van der Waals surface area contributed by atoms with Crippen LogP contribution in [0.5, 0.6) is 0 Å². The van der Waals surface area contributed by atoms with Gasteiger partial charge in [-0.1, -0.05) is 128 Å². The summed E-state index contributed by atoms with van der Waals surface area (Å²) < 4.78 is 34.1. The minimum atomic E-state index is -1.70. The van der Waals surface area contributed by atoms with Crippen LogP contribution in [0.2, 0.25) is 0 Å². The van der Waals surface area contributed by atoms with E-state index in [1.165, 1.54) is 77.0 Å². The molecule has 11 atom stereocenters. The Balaban J connectivity index is 1.78. The van der Waals surface area contributed by atoms with Crippen molar-refractivity contribution in [2.45, 2.75) is 223 Å². The first-order chi connectivity index (χ1) is 28.6. The highest BCUT2D eigenvalue weighted by Crippen LogP contribution is 2.26. The molecule has 0 aromatic carbocycles. The highest BCUT2D eigenvalue weighted by atomic mass is 16.7. The van der Waals surface area contributed by atoms with E-state index in [9.17, 15) is 40.5 Å². The summed E-state index contributed by atoms with van der Waals surface area (Å²) in [5, 5.41) is 71.8. The van der Waals surface area contributed by atoms with E-state index in [0.29, 0.717) is 13.0 Å². The van der Waals surface area contributed by atoms with Gasteiger partial charge < -0.3 is 64.2 Å². The number of ether oxygens (including phenoxy) is 6. The fourth-order valence-corrected chi connectivity index (χ4v) is 7.14. The molecule has 0 spiro atoms. The topological polar surface area (TPSA) is 214 Å². The summed E-state index contributed by atoms with van der Waals surface area (Å²) in [5.74, 6) is -0.386. The first-order valence-electron chi connectivity index (χ1n) is 22.9. The van der Waals surface area contributed by atoms with E-state index in [0.717, 1.165) is 51.4 Å². The molecule has 0 aliphatic carbocycles. The zero-order valence-electron chi connectivity index (χ0n) is 36.2. The molecule has 59 heavy (non-hydrogen) atoms. The number of hydrogen-bond acceptors (Lipinski definition) is 14. The predicted molar refractivity (Wildman–Crippen MR) is 224 cm³/mol. The lowest BCUT2D eigenvalue weighted by atomic mass is 9.98. The van der Waals surface area contributed by atoms with Crippen molar-refractivity contribution in [2.75, 3.05) is 33.0 Å². The van der Waals surface area contributed by atoms with Gasteiger partial charge in [-0.15, -0.1) is 0 Å². The second-order valence-corrected chi connectivity index (χ2v) is 16.2. The van der Waals surface area contributed by atoms with Gasteiger partial charge in [-0.3, -0.25) is 4.79 Å². The van der Waals surface area contributed by atoms with E-state index in [1.807, 2.05) is 0 Å². The largest absolute Gasteiger partial charge is 0.457 e. The highest BCUT2D eigenvalue weighted by Gasteiger charge is 2.47. The van der Waals surface area contributed by atoms with E-state index in [2.05, 4.69) is 38.2 Å². The molecule has 14 heteroatoms. The number of allylic oxidation sites excluding steroid dienone is 4. The molecule has 2 aliphatic heterocycles. The molecular weight excluding hydrogens is 764 g/mol. The maximum Gasteiger partial charge on any atom is 0.306 e. The van der Waals surface area contributed by atoms with E-state index in [1.54, 1.807) is 0 Å². The highest BCUT2D eigenvalue weighted by molar-refractivity contribution is 5.69. The van der Waals surface area contributed by atoms with Gasteiger partial charge in [-0.2, -0.15) is 0 Å². The average molecular weight is 847 g/mol. The lowest BCUT2D eigenvalue weighted by Gasteiger charge is -2.42. The number of carbonyl (C=O) groups is 1. The normalized spacial score (nSPS) is 28.2. The van der Waals surface area contributed by atoms with Crippen LogP contribution in [-0.2, 0) is 33.2 Å². The molecule has 0 saturated carbocycles. The zero-order chi connectivity index (χ0) is 43.1. The van der Waals surface area contributed by atoms with Gasteiger partial charge in [-0.05, 0) is 44.9 Å². The summed E-state index contributed by atoms with van der Waals surface area (Å²) in [7, 11) is 0. The van der Waals surface area contributed by atoms with Gasteiger partial charge in [0.05, 0.1) is 26.4 Å². The Hall–Kier alpha value is -1.53. The fraction of sp³-hybridized carbons (Fsp3) is 0.889. The van der Waals surface area contributed by atoms with Crippen molar-refractivity contribution >= 4 is 5.97 Å². The molecular formula is C45H82O14. The van der Waals surface area contributed by atoms with E-state index in [-0.39, 0.29) is 25.6 Å². The molecule has 0 amide bonds. The summed E-state index contributed by atoms with van der Waals surface area (Å²) in [6.45, 7) is 3.61. The van der Waals surface area contributed by atoms with Crippen molar-refractivity contribution in [3.05, 3.63) is 24.3 Å². The van der Waals surface area contributed by atoms with Crippen LogP contribution in [0.1, 0.15) is 155 Å². The number of hydrogen-bond donors (Lipinski definition) is 7. The van der Waals surface area contributed by atoms with Crippen LogP contribution in [0, 0.1) is 0 Å². The zero-order valence-corrected chi connectivity index (χ0v) is 36.2. The summed E-state index contributed by atoms with van der Waals surface area (Å²) in [6.07, 6.45) is 16.8. The molecule has 7 N–H and O–H groups in total. The van der Waals surface area contributed by atoms with Gasteiger partial charge >= 0.3 is 5.97 Å². The van der Waals surface area contributed by atoms with Gasteiger partial charge in [-0.25, -0.2) is 0 Å². The predicted octanol–water partition coefficient (Wildman–Crippen LogP) is 5.29. The lowest BCUT2D eigenvalue weighted by Crippen LogP contribution is -2.61. The standard InChI is InChI=1S/C45H82O14/c1-3-5-7-9-11-13-14-15-16-17-18-19-20-21-22-24-26-28-37(47)57-34(31-54-29-27-25-23-12-10-8-6-4-2)32-55-44-43(53)41(51)39(49)36(59-44)33-56-45-42(52)40(50)38(48)35(30-46)58-45/h11,13,15-16,34-36,38-46,48-53H,3-10,12,14,17-33H2,1-2H3/b13-11-,16-15-. The van der Waals surface area contributed by atoms with Gasteiger partial charge in [0.25, 0.3) is 0 Å². The molecule has 14 nitrogen and oxygen atoms in total. The SMILES string of the molecule is CCCCC/C=C\C/C=C\CCCCCCCCCC(=O)OC(COCCCCCCCCCC)COC1OC(COC2OC(CO)C(O)C(O)C2O)C(O)C(O)C1O. The summed E-state index contributed by atoms with van der Waals surface area (Å²) >= 11 is 0. The number of unbranched alkanes of at least 4 members (excludes halogenated alkanes) is 17. The third-order valence-electron chi connectivity index (χ3n) is 11.0. The van der Waals surface area contributed by atoms with Crippen LogP contribution in [0.4, 0.5) is 0 Å². The van der Waals surface area contributed by atoms with Gasteiger partial charge in [0.15, 0.2) is 12.6 Å². The van der Waals surface area contributed by atoms with Gasteiger partial charge in [0.2, 0.25) is 0 Å². The Labute approximate surface area is 354 Å². The first kappa shape index (κ1) is 53.6. The van der Waals surface area contributed by atoms with Gasteiger partial charge in [0, 0.05) is 13.0 Å². The Kier molecular flexibility index (Phi) is 30.9. The molecule has 346 valence electrons. The lowest BCUT2D eigenvalue weighted by molar-refractivity contribution is -0.332. The summed E-state index contributed by atoms with van der Waals surface area (Å²) in [4.78, 5) is 12.9. The molecule has 0 aromatic heterocycles. The van der Waals surface area contributed by atoms with E-state index < -0.39 is 80.7 Å². The second-order valence-electron chi connectivity index (χ2n) is 16.2. The molecule has 11 unspecified atom stereocenters. The van der Waals surface area contributed by atoms with Crippen LogP contribution in [0.25, 0.3) is 0 Å². The number of carbonyl (C=O) groups excluding carboxylic acids is 1. The van der Waals surface area contributed by atoms with Crippen LogP contribution < -0.4 is 0 Å². The fourth-order valence-electron chi connectivity index (χ4n) is 7.14. The molecule has 0 aromatic rings. The van der Waals surface area contributed by atoms with E-state index in [4.69, 9.17) is 28.4 Å². The van der Waals surface area contributed by atoms with Crippen molar-refractivity contribution in [2.24, 2.45) is 0 Å². The van der Waals surface area contributed by atoms with Crippen molar-refractivity contribution in [3.63, 3.8) is 0 Å². The third kappa shape index (κ3) is 22.9. The summed E-state index contributed by atoms with van der Waals surface area (Å²) in [5.41, 5.74) is 0. The molecule has 2 heterocycles. The third-order valence-corrected chi connectivity index (χ3v) is 11.0.